The van der Waals surface area contributed by atoms with Crippen molar-refractivity contribution in [2.75, 3.05) is 6.54 Å². The highest BCUT2D eigenvalue weighted by Gasteiger charge is 2.14. The predicted molar refractivity (Wildman–Crippen MR) is 78.7 cm³/mol. The Morgan fingerprint density at radius 3 is 2.74 bits per heavy atom. The molecule has 4 heteroatoms. The van der Waals surface area contributed by atoms with Crippen LogP contribution in [-0.4, -0.2) is 17.4 Å². The van der Waals surface area contributed by atoms with Crippen LogP contribution in [0.3, 0.4) is 0 Å². The third-order valence-electron chi connectivity index (χ3n) is 2.78. The van der Waals surface area contributed by atoms with Crippen molar-refractivity contribution in [3.8, 4) is 0 Å². The molecule has 0 atom stereocenters. The number of thiazole rings is 1. The molecule has 1 N–H and O–H groups in total. The Morgan fingerprint density at radius 1 is 1.32 bits per heavy atom. The van der Waals surface area contributed by atoms with E-state index in [0.717, 1.165) is 28.4 Å². The lowest BCUT2D eigenvalue weighted by Crippen LogP contribution is -2.23. The average Bonchev–Trinajstić information content (AvgIpc) is 2.78. The first-order valence-electron chi connectivity index (χ1n) is 6.49. The van der Waals surface area contributed by atoms with Crippen LogP contribution >= 0.6 is 11.3 Å². The summed E-state index contributed by atoms with van der Waals surface area (Å²) in [6.07, 6.45) is 1.73. The molecule has 0 radical (unpaired) electrons. The zero-order chi connectivity index (χ0) is 13.7. The Hall–Kier alpha value is -1.68. The minimum Gasteiger partial charge on any atom is -0.351 e. The van der Waals surface area contributed by atoms with Gasteiger partial charge in [-0.3, -0.25) is 4.79 Å². The second-order valence-corrected chi connectivity index (χ2v) is 5.52. The Kier molecular flexibility index (Phi) is 4.68. The van der Waals surface area contributed by atoms with Gasteiger partial charge in [0.05, 0.1) is 10.7 Å². The van der Waals surface area contributed by atoms with Crippen LogP contribution in [-0.2, 0) is 6.42 Å². The Bertz CT molecular complexity index is 549. The number of hydrogen-bond donors (Lipinski definition) is 1. The van der Waals surface area contributed by atoms with Crippen LogP contribution in [0.15, 0.2) is 30.3 Å². The largest absolute Gasteiger partial charge is 0.351 e. The van der Waals surface area contributed by atoms with E-state index in [0.29, 0.717) is 6.54 Å². The smallest absolute Gasteiger partial charge is 0.263 e. The monoisotopic (exact) mass is 274 g/mol. The minimum atomic E-state index is -0.00355. The van der Waals surface area contributed by atoms with Crippen LogP contribution in [0.5, 0.6) is 0 Å². The number of aromatic nitrogens is 1. The Labute approximate surface area is 117 Å². The fourth-order valence-corrected chi connectivity index (χ4v) is 2.84. The lowest BCUT2D eigenvalue weighted by molar-refractivity contribution is 0.0957. The highest BCUT2D eigenvalue weighted by atomic mass is 32.1. The summed E-state index contributed by atoms with van der Waals surface area (Å²) in [5, 5.41) is 3.89. The minimum absolute atomic E-state index is 0.00355. The van der Waals surface area contributed by atoms with Crippen molar-refractivity contribution in [2.24, 2.45) is 0 Å². The van der Waals surface area contributed by atoms with Gasteiger partial charge in [0.25, 0.3) is 5.91 Å². The van der Waals surface area contributed by atoms with Crippen molar-refractivity contribution in [3.05, 3.63) is 51.5 Å². The molecule has 0 spiro atoms. The maximum atomic E-state index is 11.9. The van der Waals surface area contributed by atoms with E-state index in [9.17, 15) is 4.79 Å². The average molecular weight is 274 g/mol. The van der Waals surface area contributed by atoms with Crippen molar-refractivity contribution in [1.82, 2.24) is 10.3 Å². The summed E-state index contributed by atoms with van der Waals surface area (Å²) in [4.78, 5) is 17.2. The first-order chi connectivity index (χ1) is 9.20. The SMILES string of the molecule is CCCNC(=O)c1sc(Cc2ccccc2)nc1C. The van der Waals surface area contributed by atoms with Gasteiger partial charge in [0.2, 0.25) is 0 Å². The van der Waals surface area contributed by atoms with Gasteiger partial charge in [0.15, 0.2) is 0 Å². The summed E-state index contributed by atoms with van der Waals surface area (Å²) in [6, 6.07) is 10.2. The molecule has 3 nitrogen and oxygen atoms in total. The molecule has 0 saturated heterocycles. The Morgan fingerprint density at radius 2 is 2.05 bits per heavy atom. The first-order valence-corrected chi connectivity index (χ1v) is 7.30. The number of rotatable bonds is 5. The second-order valence-electron chi connectivity index (χ2n) is 4.44. The molecule has 1 heterocycles. The molecule has 1 amide bonds. The number of benzene rings is 1. The fraction of sp³-hybridized carbons (Fsp3) is 0.333. The van der Waals surface area contributed by atoms with Crippen molar-refractivity contribution in [2.45, 2.75) is 26.7 Å². The number of amides is 1. The molecular weight excluding hydrogens is 256 g/mol. The summed E-state index contributed by atoms with van der Waals surface area (Å²) in [6.45, 7) is 4.65. The van der Waals surface area contributed by atoms with E-state index >= 15 is 0 Å². The highest BCUT2D eigenvalue weighted by molar-refractivity contribution is 7.13. The quantitative estimate of drug-likeness (QED) is 0.910. The van der Waals surface area contributed by atoms with Gasteiger partial charge in [-0.2, -0.15) is 0 Å². The number of hydrogen-bond acceptors (Lipinski definition) is 3. The number of aryl methyl sites for hydroxylation is 1. The molecule has 0 fully saturated rings. The van der Waals surface area contributed by atoms with Crippen LogP contribution in [0.1, 0.15) is 39.3 Å². The summed E-state index contributed by atoms with van der Waals surface area (Å²) in [5.41, 5.74) is 2.04. The molecule has 2 aromatic rings. The predicted octanol–water partition coefficient (Wildman–Crippen LogP) is 3.18. The summed E-state index contributed by atoms with van der Waals surface area (Å²) < 4.78 is 0. The van der Waals surface area contributed by atoms with Gasteiger partial charge in [-0.1, -0.05) is 37.3 Å². The molecule has 0 aliphatic carbocycles. The molecule has 0 aliphatic heterocycles. The van der Waals surface area contributed by atoms with Crippen LogP contribution in [0.4, 0.5) is 0 Å². The molecule has 2 rings (SSSR count). The van der Waals surface area contributed by atoms with Crippen molar-refractivity contribution in [3.63, 3.8) is 0 Å². The highest BCUT2D eigenvalue weighted by Crippen LogP contribution is 2.20. The van der Waals surface area contributed by atoms with Gasteiger partial charge < -0.3 is 5.32 Å². The summed E-state index contributed by atoms with van der Waals surface area (Å²) >= 11 is 1.49. The van der Waals surface area contributed by atoms with Gasteiger partial charge in [-0.05, 0) is 18.9 Å². The molecule has 0 saturated carbocycles. The van der Waals surface area contributed by atoms with E-state index in [1.54, 1.807) is 0 Å². The van der Waals surface area contributed by atoms with Crippen molar-refractivity contribution in [1.29, 1.82) is 0 Å². The number of carbonyl (C=O) groups is 1. The van der Waals surface area contributed by atoms with Gasteiger partial charge in [0, 0.05) is 13.0 Å². The van der Waals surface area contributed by atoms with E-state index < -0.39 is 0 Å². The number of nitrogens with one attached hydrogen (secondary N) is 1. The molecular formula is C15H18N2OS. The number of nitrogens with zero attached hydrogens (tertiary/aromatic N) is 1. The second kappa shape index (κ2) is 6.48. The fourth-order valence-electron chi connectivity index (χ4n) is 1.83. The molecule has 1 aromatic heterocycles. The molecule has 19 heavy (non-hydrogen) atoms. The third-order valence-corrected chi connectivity index (χ3v) is 3.94. The van der Waals surface area contributed by atoms with Gasteiger partial charge in [-0.25, -0.2) is 4.98 Å². The van der Waals surface area contributed by atoms with Gasteiger partial charge in [-0.15, -0.1) is 11.3 Å². The maximum absolute atomic E-state index is 11.9. The Balaban J connectivity index is 2.10. The van der Waals surface area contributed by atoms with Gasteiger partial charge in [0.1, 0.15) is 4.88 Å². The van der Waals surface area contributed by atoms with E-state index in [-0.39, 0.29) is 5.91 Å². The zero-order valence-electron chi connectivity index (χ0n) is 11.3. The van der Waals surface area contributed by atoms with Crippen LogP contribution in [0.25, 0.3) is 0 Å². The molecule has 100 valence electrons. The van der Waals surface area contributed by atoms with Crippen LogP contribution in [0, 0.1) is 6.92 Å². The molecule has 1 aromatic carbocycles. The van der Waals surface area contributed by atoms with Crippen molar-refractivity contribution < 1.29 is 4.79 Å². The van der Waals surface area contributed by atoms with Crippen molar-refractivity contribution >= 4 is 17.2 Å². The van der Waals surface area contributed by atoms with E-state index in [1.807, 2.05) is 32.0 Å². The zero-order valence-corrected chi connectivity index (χ0v) is 12.1. The standard InChI is InChI=1S/C15H18N2OS/c1-3-9-16-15(18)14-11(2)17-13(19-14)10-12-7-5-4-6-8-12/h4-8H,3,9-10H2,1-2H3,(H,16,18). The molecule has 0 unspecified atom stereocenters. The lowest BCUT2D eigenvalue weighted by Gasteiger charge is -2.00. The number of carbonyl (C=O) groups excluding carboxylic acids is 1. The van der Waals surface area contributed by atoms with Crippen LogP contribution in [0.2, 0.25) is 0 Å². The van der Waals surface area contributed by atoms with Gasteiger partial charge >= 0.3 is 0 Å². The summed E-state index contributed by atoms with van der Waals surface area (Å²) in [5.74, 6) is -0.00355. The summed E-state index contributed by atoms with van der Waals surface area (Å²) in [7, 11) is 0. The van der Waals surface area contributed by atoms with E-state index in [2.05, 4.69) is 22.4 Å². The van der Waals surface area contributed by atoms with Crippen LogP contribution < -0.4 is 5.32 Å². The molecule has 0 aliphatic rings. The van der Waals surface area contributed by atoms with E-state index in [1.165, 1.54) is 16.9 Å². The topological polar surface area (TPSA) is 42.0 Å². The first kappa shape index (κ1) is 13.7. The lowest BCUT2D eigenvalue weighted by atomic mass is 10.2. The maximum Gasteiger partial charge on any atom is 0.263 e. The third kappa shape index (κ3) is 3.64. The normalized spacial score (nSPS) is 10.4. The van der Waals surface area contributed by atoms with E-state index in [4.69, 9.17) is 0 Å². The molecule has 0 bridgehead atoms.